The number of benzene rings is 5. The fourth-order valence-electron chi connectivity index (χ4n) is 8.18. The second-order valence-corrected chi connectivity index (χ2v) is 15.0. The van der Waals surface area contributed by atoms with E-state index in [1.54, 1.807) is 0 Å². The predicted molar refractivity (Wildman–Crippen MR) is 216 cm³/mol. The maximum absolute atomic E-state index is 13.3. The lowest BCUT2D eigenvalue weighted by Gasteiger charge is -2.45. The minimum absolute atomic E-state index is 0.00774. The van der Waals surface area contributed by atoms with Gasteiger partial charge in [0, 0.05) is 50.4 Å². The second-order valence-electron chi connectivity index (χ2n) is 15.0. The highest BCUT2D eigenvalue weighted by molar-refractivity contribution is 5.93. The molecule has 5 aromatic carbocycles. The molecule has 3 aliphatic heterocycles. The minimum atomic E-state index is -0.569. The third kappa shape index (κ3) is 8.49. The van der Waals surface area contributed by atoms with Crippen molar-refractivity contribution in [2.75, 3.05) is 31.2 Å². The van der Waals surface area contributed by atoms with E-state index < -0.39 is 11.8 Å². The Hall–Kier alpha value is -5.52. The Kier molecular flexibility index (Phi) is 11.4. The summed E-state index contributed by atoms with van der Waals surface area (Å²) in [7, 11) is 0. The van der Waals surface area contributed by atoms with Crippen LogP contribution >= 0.6 is 0 Å². The summed E-state index contributed by atoms with van der Waals surface area (Å²) in [6, 6.07) is 44.3. The number of aliphatic hydroxyl groups excluding tert-OH is 1. The van der Waals surface area contributed by atoms with E-state index in [-0.39, 0.29) is 30.8 Å². The molecular weight excluding hydrogens is 703 g/mol. The van der Waals surface area contributed by atoms with Crippen LogP contribution in [0.5, 0.6) is 0 Å². The number of likely N-dealkylation sites (tertiary alicyclic amines) is 1. The van der Waals surface area contributed by atoms with Crippen LogP contribution in [0.1, 0.15) is 59.5 Å². The molecule has 3 aliphatic rings. The van der Waals surface area contributed by atoms with Crippen molar-refractivity contribution < 1.29 is 24.2 Å². The van der Waals surface area contributed by atoms with Gasteiger partial charge in [0.05, 0.1) is 25.5 Å². The van der Waals surface area contributed by atoms with E-state index >= 15 is 0 Å². The first-order valence-electron chi connectivity index (χ1n) is 19.5. The van der Waals surface area contributed by atoms with Gasteiger partial charge in [-0.1, -0.05) is 115 Å². The highest BCUT2D eigenvalue weighted by Crippen LogP contribution is 2.40. The molecule has 3 heterocycles. The third-order valence-corrected chi connectivity index (χ3v) is 11.4. The average molecular weight is 752 g/mol. The van der Waals surface area contributed by atoms with Gasteiger partial charge >= 0.3 is 6.03 Å². The monoisotopic (exact) mass is 751 g/mol. The number of aliphatic hydroxyl groups is 1. The maximum Gasteiger partial charge on any atom is 0.315 e. The smallest absolute Gasteiger partial charge is 0.315 e. The Morgan fingerprint density at radius 1 is 0.732 bits per heavy atom. The van der Waals surface area contributed by atoms with Gasteiger partial charge < -0.3 is 40.3 Å². The van der Waals surface area contributed by atoms with Crippen LogP contribution in [0.15, 0.2) is 133 Å². The summed E-state index contributed by atoms with van der Waals surface area (Å²) in [5.74, 6) is 0.114. The van der Waals surface area contributed by atoms with E-state index in [2.05, 4.69) is 74.3 Å². The molecule has 4 N–H and O–H groups in total. The van der Waals surface area contributed by atoms with Crippen LogP contribution in [-0.4, -0.2) is 59.9 Å². The molecule has 0 radical (unpaired) electrons. The van der Waals surface area contributed by atoms with Crippen molar-refractivity contribution in [3.8, 4) is 11.1 Å². The Labute approximate surface area is 328 Å². The molecule has 1 spiro atoms. The van der Waals surface area contributed by atoms with Crippen molar-refractivity contribution >= 4 is 17.6 Å². The van der Waals surface area contributed by atoms with Crippen LogP contribution in [0.4, 0.5) is 10.5 Å². The first kappa shape index (κ1) is 37.4. The number of piperidine rings is 1. The van der Waals surface area contributed by atoms with Gasteiger partial charge in [-0.15, -0.1) is 0 Å². The van der Waals surface area contributed by atoms with Crippen LogP contribution in [-0.2, 0) is 34.0 Å². The van der Waals surface area contributed by atoms with Crippen LogP contribution in [0, 0.1) is 0 Å². The lowest BCUT2D eigenvalue weighted by atomic mass is 9.85. The van der Waals surface area contributed by atoms with Crippen molar-refractivity contribution in [3.05, 3.63) is 161 Å². The number of para-hydroxylation sites is 1. The highest BCUT2D eigenvalue weighted by atomic mass is 16.7. The van der Waals surface area contributed by atoms with Crippen molar-refractivity contribution in [1.82, 2.24) is 20.9 Å². The third-order valence-electron chi connectivity index (χ3n) is 11.4. The summed E-state index contributed by atoms with van der Waals surface area (Å²) in [6.45, 7) is 3.72. The molecule has 288 valence electrons. The Balaban J connectivity index is 0.927. The molecule has 0 aromatic heterocycles. The van der Waals surface area contributed by atoms with E-state index in [0.29, 0.717) is 26.2 Å². The summed E-state index contributed by atoms with van der Waals surface area (Å²) in [5, 5.41) is 18.6. The number of carbonyl (C=O) groups is 2. The van der Waals surface area contributed by atoms with Crippen molar-refractivity contribution in [1.29, 1.82) is 0 Å². The highest BCUT2D eigenvalue weighted by Gasteiger charge is 2.50. The molecule has 0 unspecified atom stereocenters. The lowest BCUT2D eigenvalue weighted by molar-refractivity contribution is -0.253. The van der Waals surface area contributed by atoms with Gasteiger partial charge in [-0.05, 0) is 64.4 Å². The van der Waals surface area contributed by atoms with Crippen LogP contribution in [0.25, 0.3) is 11.1 Å². The van der Waals surface area contributed by atoms with Crippen LogP contribution in [0.3, 0.4) is 0 Å². The largest absolute Gasteiger partial charge is 0.392 e. The molecule has 8 rings (SSSR count). The van der Waals surface area contributed by atoms with Gasteiger partial charge in [0.2, 0.25) is 5.91 Å². The Bertz CT molecular complexity index is 2070. The molecule has 5 aromatic rings. The quantitative estimate of drug-likeness (QED) is 0.117. The number of nitrogens with one attached hydrogen (secondary N) is 3. The van der Waals surface area contributed by atoms with E-state index in [4.69, 9.17) is 9.47 Å². The first-order valence-corrected chi connectivity index (χ1v) is 19.5. The lowest BCUT2D eigenvalue weighted by Crippen LogP contribution is -2.57. The van der Waals surface area contributed by atoms with Gasteiger partial charge in [-0.2, -0.15) is 0 Å². The topological polar surface area (TPSA) is 115 Å². The van der Waals surface area contributed by atoms with E-state index in [1.807, 2.05) is 84.9 Å². The number of nitrogens with zero attached hydrogens (tertiary/aromatic N) is 2. The summed E-state index contributed by atoms with van der Waals surface area (Å²) < 4.78 is 13.4. The zero-order chi connectivity index (χ0) is 38.3. The standard InChI is InChI=1S/C46H49N5O5/c52-31-34-14-16-37(17-15-34)42-27-41(30-50-24-22-46(23-25-50)44(53)49-32-51(46)40-12-5-2-6-13-40)55-43(56-42)38-20-18-36(19-21-38)39-11-7-10-35(26-39)29-48-45(54)47-28-33-8-3-1-4-9-33/h1-21,26,41-43,52H,22-25,27-32H2,(H,49,53)(H2,47,48,54)/t41-,42+,43+/m0/s1. The summed E-state index contributed by atoms with van der Waals surface area (Å²) in [4.78, 5) is 30.4. The van der Waals surface area contributed by atoms with E-state index in [1.165, 1.54) is 0 Å². The van der Waals surface area contributed by atoms with Crippen molar-refractivity contribution in [3.63, 3.8) is 0 Å². The number of carbonyl (C=O) groups excluding carboxylic acids is 2. The predicted octanol–water partition coefficient (Wildman–Crippen LogP) is 6.82. The number of rotatable bonds is 11. The molecule has 10 heteroatoms. The van der Waals surface area contributed by atoms with Gasteiger partial charge in [0.15, 0.2) is 6.29 Å². The van der Waals surface area contributed by atoms with Crippen LogP contribution < -0.4 is 20.9 Å². The number of urea groups is 1. The average Bonchev–Trinajstić information content (AvgIpc) is 3.57. The fraction of sp³-hybridized carbons (Fsp3) is 0.304. The second kappa shape index (κ2) is 17.1. The summed E-state index contributed by atoms with van der Waals surface area (Å²) >= 11 is 0. The van der Waals surface area contributed by atoms with Gasteiger partial charge in [0.25, 0.3) is 0 Å². The number of hydrogen-bond donors (Lipinski definition) is 4. The maximum atomic E-state index is 13.3. The molecule has 3 fully saturated rings. The zero-order valence-corrected chi connectivity index (χ0v) is 31.5. The SMILES string of the molecule is O=C(NCc1ccccc1)NCc1cccc(-c2ccc([C@@H]3O[C@H](CN4CCC5(CC4)C(=O)NCN5c4ccccc4)C[C@H](c4ccc(CO)cc4)O3)cc2)c1. The van der Waals surface area contributed by atoms with E-state index in [9.17, 15) is 14.7 Å². The van der Waals surface area contributed by atoms with Crippen molar-refractivity contribution in [2.45, 2.75) is 63.0 Å². The zero-order valence-electron chi connectivity index (χ0n) is 31.5. The molecule has 3 atom stereocenters. The normalized spacial score (nSPS) is 20.8. The van der Waals surface area contributed by atoms with Gasteiger partial charge in [-0.3, -0.25) is 4.79 Å². The Morgan fingerprint density at radius 2 is 1.39 bits per heavy atom. The number of amides is 3. The summed E-state index contributed by atoms with van der Waals surface area (Å²) in [5.41, 5.74) is 7.53. The number of ether oxygens (including phenoxy) is 2. The molecule has 3 amide bonds. The molecule has 10 nitrogen and oxygen atoms in total. The van der Waals surface area contributed by atoms with E-state index in [0.717, 1.165) is 77.1 Å². The van der Waals surface area contributed by atoms with Gasteiger partial charge in [-0.25, -0.2) is 4.79 Å². The molecule has 0 aliphatic carbocycles. The summed E-state index contributed by atoms with van der Waals surface area (Å²) in [6.07, 6.45) is 1.32. The molecule has 56 heavy (non-hydrogen) atoms. The van der Waals surface area contributed by atoms with Crippen LogP contribution in [0.2, 0.25) is 0 Å². The molecular formula is C46H49N5O5. The molecule has 0 saturated carbocycles. The van der Waals surface area contributed by atoms with Gasteiger partial charge in [0.1, 0.15) is 5.54 Å². The molecule has 0 bridgehead atoms. The molecule has 3 saturated heterocycles. The number of hydrogen-bond acceptors (Lipinski definition) is 7. The number of anilines is 1. The first-order chi connectivity index (χ1) is 27.5. The fourth-order valence-corrected chi connectivity index (χ4v) is 8.18. The van der Waals surface area contributed by atoms with Crippen molar-refractivity contribution in [2.24, 2.45) is 0 Å². The minimum Gasteiger partial charge on any atom is -0.392 e. The Morgan fingerprint density at radius 3 is 2.11 bits per heavy atom.